The number of aliphatic hydroxyl groups is 2. The van der Waals surface area contributed by atoms with Crippen molar-refractivity contribution in [1.82, 2.24) is 9.55 Å². The number of halogens is 1. The average Bonchev–Trinajstić information content (AvgIpc) is 3.03. The smallest absolute Gasteiger partial charge is 0.142 e. The molecule has 0 aliphatic rings. The molecule has 4 nitrogen and oxygen atoms in total. The van der Waals surface area contributed by atoms with Gasteiger partial charge in [0, 0.05) is 12.4 Å². The largest absolute Gasteiger partial charge is 0.387 e. The summed E-state index contributed by atoms with van der Waals surface area (Å²) in [5.41, 5.74) is 1.34. The van der Waals surface area contributed by atoms with Gasteiger partial charge in [-0.2, -0.15) is 0 Å². The molecular weight excluding hydrogens is 295 g/mol. The van der Waals surface area contributed by atoms with Crippen LogP contribution < -0.4 is 0 Å². The Bertz CT molecular complexity index is 756. The maximum absolute atomic E-state index is 13.0. The standard InChI is InChI=1S/C18H17FN2O2/c19-15-8-6-13(7-9-15)16(22)12-21-11-10-20-18(21)17(23)14-4-2-1-3-5-14/h1-11,16-17,22-23H,12H2/t16-,17+/m0/s1. The summed E-state index contributed by atoms with van der Waals surface area (Å²) >= 11 is 0. The van der Waals surface area contributed by atoms with E-state index < -0.39 is 12.2 Å². The third-order valence-corrected chi connectivity index (χ3v) is 3.73. The van der Waals surface area contributed by atoms with Gasteiger partial charge in [0.1, 0.15) is 17.7 Å². The Balaban J connectivity index is 1.79. The number of imidazole rings is 1. The molecule has 2 N–H and O–H groups in total. The molecule has 3 aromatic rings. The summed E-state index contributed by atoms with van der Waals surface area (Å²) in [6.45, 7) is 0.227. The van der Waals surface area contributed by atoms with E-state index in [1.807, 2.05) is 30.3 Å². The van der Waals surface area contributed by atoms with Crippen LogP contribution in [0.5, 0.6) is 0 Å². The normalized spacial score (nSPS) is 13.7. The van der Waals surface area contributed by atoms with E-state index in [1.165, 1.54) is 12.1 Å². The van der Waals surface area contributed by atoms with Gasteiger partial charge in [0.25, 0.3) is 0 Å². The summed E-state index contributed by atoms with van der Waals surface area (Å²) in [4.78, 5) is 4.20. The second kappa shape index (κ2) is 6.73. The number of hydrogen-bond acceptors (Lipinski definition) is 3. The van der Waals surface area contributed by atoms with Crippen molar-refractivity contribution in [1.29, 1.82) is 0 Å². The van der Waals surface area contributed by atoms with Gasteiger partial charge in [-0.15, -0.1) is 0 Å². The predicted octanol–water partition coefficient (Wildman–Crippen LogP) is 2.84. The number of benzene rings is 2. The molecule has 0 aliphatic heterocycles. The Morgan fingerprint density at radius 2 is 1.65 bits per heavy atom. The third kappa shape index (κ3) is 3.47. The first-order valence-corrected chi connectivity index (χ1v) is 7.32. The van der Waals surface area contributed by atoms with Gasteiger partial charge in [-0.1, -0.05) is 42.5 Å². The summed E-state index contributed by atoms with van der Waals surface area (Å²) in [6.07, 6.45) is 1.60. The Hall–Kier alpha value is -2.50. The second-order valence-corrected chi connectivity index (χ2v) is 5.32. The highest BCUT2D eigenvalue weighted by Gasteiger charge is 2.18. The fourth-order valence-corrected chi connectivity index (χ4v) is 2.48. The average molecular weight is 312 g/mol. The van der Waals surface area contributed by atoms with Gasteiger partial charge in [0.2, 0.25) is 0 Å². The Morgan fingerprint density at radius 3 is 2.35 bits per heavy atom. The van der Waals surface area contributed by atoms with Crippen molar-refractivity contribution in [2.75, 3.05) is 0 Å². The molecule has 0 saturated heterocycles. The van der Waals surface area contributed by atoms with Gasteiger partial charge in [0.15, 0.2) is 0 Å². The highest BCUT2D eigenvalue weighted by Crippen LogP contribution is 2.23. The summed E-state index contributed by atoms with van der Waals surface area (Å²) in [5.74, 6) is 0.112. The summed E-state index contributed by atoms with van der Waals surface area (Å²) in [6, 6.07) is 14.9. The molecule has 0 bridgehead atoms. The van der Waals surface area contributed by atoms with Crippen molar-refractivity contribution in [3.63, 3.8) is 0 Å². The lowest BCUT2D eigenvalue weighted by molar-refractivity contribution is 0.147. The zero-order valence-electron chi connectivity index (χ0n) is 12.4. The molecule has 1 heterocycles. The van der Waals surface area contributed by atoms with Crippen molar-refractivity contribution < 1.29 is 14.6 Å². The fourth-order valence-electron chi connectivity index (χ4n) is 2.48. The monoisotopic (exact) mass is 312 g/mol. The van der Waals surface area contributed by atoms with Crippen molar-refractivity contribution in [3.05, 3.63) is 89.8 Å². The topological polar surface area (TPSA) is 58.3 Å². The molecule has 2 atom stereocenters. The van der Waals surface area contributed by atoms with Crippen LogP contribution in [0.15, 0.2) is 67.0 Å². The Kier molecular flexibility index (Phi) is 4.50. The first-order chi connectivity index (χ1) is 11.1. The highest BCUT2D eigenvalue weighted by molar-refractivity contribution is 5.23. The maximum Gasteiger partial charge on any atom is 0.142 e. The lowest BCUT2D eigenvalue weighted by Gasteiger charge is -2.17. The minimum atomic E-state index is -0.869. The van der Waals surface area contributed by atoms with E-state index in [-0.39, 0.29) is 12.4 Å². The van der Waals surface area contributed by atoms with E-state index in [1.54, 1.807) is 29.1 Å². The van der Waals surface area contributed by atoms with E-state index >= 15 is 0 Å². The van der Waals surface area contributed by atoms with Crippen molar-refractivity contribution in [2.24, 2.45) is 0 Å². The molecule has 0 radical (unpaired) electrons. The van der Waals surface area contributed by atoms with Crippen LogP contribution in [0.2, 0.25) is 0 Å². The maximum atomic E-state index is 13.0. The second-order valence-electron chi connectivity index (χ2n) is 5.32. The number of nitrogens with zero attached hydrogens (tertiary/aromatic N) is 2. The van der Waals surface area contributed by atoms with Crippen molar-refractivity contribution in [3.8, 4) is 0 Å². The van der Waals surface area contributed by atoms with E-state index in [4.69, 9.17) is 0 Å². The minimum absolute atomic E-state index is 0.227. The van der Waals surface area contributed by atoms with Crippen LogP contribution in [0, 0.1) is 5.82 Å². The van der Waals surface area contributed by atoms with Gasteiger partial charge < -0.3 is 14.8 Å². The van der Waals surface area contributed by atoms with E-state index in [9.17, 15) is 14.6 Å². The molecule has 1 aromatic heterocycles. The molecular formula is C18H17FN2O2. The molecule has 0 saturated carbocycles. The third-order valence-electron chi connectivity index (χ3n) is 3.73. The summed E-state index contributed by atoms with van der Waals surface area (Å²) in [7, 11) is 0. The molecule has 118 valence electrons. The number of rotatable bonds is 5. The Labute approximate surface area is 133 Å². The van der Waals surface area contributed by atoms with Gasteiger partial charge in [0.05, 0.1) is 12.6 Å². The molecule has 0 spiro atoms. The zero-order chi connectivity index (χ0) is 16.2. The quantitative estimate of drug-likeness (QED) is 0.761. The van der Waals surface area contributed by atoms with E-state index in [0.29, 0.717) is 11.4 Å². The zero-order valence-corrected chi connectivity index (χ0v) is 12.4. The lowest BCUT2D eigenvalue weighted by atomic mass is 10.1. The fraction of sp³-hybridized carbons (Fsp3) is 0.167. The molecule has 23 heavy (non-hydrogen) atoms. The molecule has 0 aliphatic carbocycles. The first-order valence-electron chi connectivity index (χ1n) is 7.32. The number of aromatic nitrogens is 2. The first kappa shape index (κ1) is 15.4. The summed E-state index contributed by atoms with van der Waals surface area (Å²) < 4.78 is 14.7. The van der Waals surface area contributed by atoms with Crippen LogP contribution in [0.4, 0.5) is 4.39 Å². The van der Waals surface area contributed by atoms with Crippen molar-refractivity contribution >= 4 is 0 Å². The molecule has 2 aromatic carbocycles. The molecule has 5 heteroatoms. The van der Waals surface area contributed by atoms with Gasteiger partial charge in [-0.3, -0.25) is 0 Å². The molecule has 0 fully saturated rings. The highest BCUT2D eigenvalue weighted by atomic mass is 19.1. The van der Waals surface area contributed by atoms with Gasteiger partial charge in [-0.25, -0.2) is 9.37 Å². The lowest BCUT2D eigenvalue weighted by Crippen LogP contribution is -2.14. The number of aliphatic hydroxyl groups excluding tert-OH is 2. The molecule has 3 rings (SSSR count). The Morgan fingerprint density at radius 1 is 0.957 bits per heavy atom. The predicted molar refractivity (Wildman–Crippen MR) is 84.1 cm³/mol. The summed E-state index contributed by atoms with van der Waals surface area (Å²) in [5, 5.41) is 20.8. The van der Waals surface area contributed by atoms with Gasteiger partial charge >= 0.3 is 0 Å². The van der Waals surface area contributed by atoms with E-state index in [0.717, 1.165) is 5.56 Å². The van der Waals surface area contributed by atoms with Crippen LogP contribution in [0.25, 0.3) is 0 Å². The van der Waals surface area contributed by atoms with Crippen LogP contribution in [-0.2, 0) is 6.54 Å². The molecule has 0 amide bonds. The van der Waals surface area contributed by atoms with Crippen LogP contribution >= 0.6 is 0 Å². The van der Waals surface area contributed by atoms with Crippen LogP contribution in [0.1, 0.15) is 29.2 Å². The number of hydrogen-bond donors (Lipinski definition) is 2. The van der Waals surface area contributed by atoms with Crippen molar-refractivity contribution in [2.45, 2.75) is 18.8 Å². The van der Waals surface area contributed by atoms with Gasteiger partial charge in [-0.05, 0) is 23.3 Å². The van der Waals surface area contributed by atoms with E-state index in [2.05, 4.69) is 4.98 Å². The van der Waals surface area contributed by atoms with Crippen LogP contribution in [0.3, 0.4) is 0 Å². The van der Waals surface area contributed by atoms with Crippen LogP contribution in [-0.4, -0.2) is 19.8 Å². The minimum Gasteiger partial charge on any atom is -0.387 e. The molecule has 0 unspecified atom stereocenters. The SMILES string of the molecule is O[C@H](c1ccccc1)c1nccn1C[C@H](O)c1ccc(F)cc1.